The summed E-state index contributed by atoms with van der Waals surface area (Å²) in [6, 6.07) is 11.1. The van der Waals surface area contributed by atoms with Crippen LogP contribution in [0.3, 0.4) is 0 Å². The van der Waals surface area contributed by atoms with Crippen molar-refractivity contribution in [2.75, 3.05) is 19.9 Å². The van der Waals surface area contributed by atoms with Crippen molar-refractivity contribution >= 4 is 11.8 Å². The Morgan fingerprint density at radius 1 is 0.929 bits per heavy atom. The Balaban J connectivity index is 1.33. The number of nitrogens with zero attached hydrogens (tertiary/aromatic N) is 1. The number of amides is 2. The first kappa shape index (κ1) is 18.3. The molecule has 1 fully saturated rings. The standard InChI is InChI=1S/C22H24N2O4/c1-14-3-4-17(11-15(14)2)22(26)24-9-7-18(8-10-24)23-21(25)16-5-6-19-20(12-16)28-13-27-19/h3-6,11-12,18H,7-10,13H2,1-2H3,(H,23,25). The molecule has 0 atom stereocenters. The molecule has 6 nitrogen and oxygen atoms in total. The first-order valence-electron chi connectivity index (χ1n) is 9.58. The van der Waals surface area contributed by atoms with Crippen LogP contribution < -0.4 is 14.8 Å². The Morgan fingerprint density at radius 2 is 1.64 bits per heavy atom. The minimum atomic E-state index is -0.128. The third-order valence-corrected chi connectivity index (χ3v) is 5.51. The second-order valence-corrected chi connectivity index (χ2v) is 7.41. The molecule has 2 heterocycles. The van der Waals surface area contributed by atoms with Crippen molar-refractivity contribution in [1.29, 1.82) is 0 Å². The largest absolute Gasteiger partial charge is 0.454 e. The summed E-state index contributed by atoms with van der Waals surface area (Å²) in [6.07, 6.45) is 1.49. The Morgan fingerprint density at radius 3 is 2.39 bits per heavy atom. The van der Waals surface area contributed by atoms with Gasteiger partial charge in [0.1, 0.15) is 0 Å². The second kappa shape index (κ2) is 7.54. The molecule has 2 aliphatic rings. The summed E-state index contributed by atoms with van der Waals surface area (Å²) < 4.78 is 10.6. The number of fused-ring (bicyclic) bond motifs is 1. The number of rotatable bonds is 3. The van der Waals surface area contributed by atoms with Crippen molar-refractivity contribution < 1.29 is 19.1 Å². The van der Waals surface area contributed by atoms with Crippen molar-refractivity contribution in [2.24, 2.45) is 0 Å². The van der Waals surface area contributed by atoms with Gasteiger partial charge in [-0.1, -0.05) is 6.07 Å². The number of hydrogen-bond donors (Lipinski definition) is 1. The quantitative estimate of drug-likeness (QED) is 0.889. The number of piperidine rings is 1. The van der Waals surface area contributed by atoms with Crippen LogP contribution in [0, 0.1) is 13.8 Å². The highest BCUT2D eigenvalue weighted by molar-refractivity contribution is 5.95. The minimum absolute atomic E-state index is 0.0572. The Kier molecular flexibility index (Phi) is 4.94. The zero-order valence-electron chi connectivity index (χ0n) is 16.2. The maximum atomic E-state index is 12.7. The van der Waals surface area contributed by atoms with Crippen LogP contribution in [0.15, 0.2) is 36.4 Å². The molecule has 146 valence electrons. The molecule has 1 N–H and O–H groups in total. The summed E-state index contributed by atoms with van der Waals surface area (Å²) in [7, 11) is 0. The molecule has 2 aromatic carbocycles. The average Bonchev–Trinajstić information content (AvgIpc) is 3.18. The normalized spacial score (nSPS) is 16.1. The lowest BCUT2D eigenvalue weighted by molar-refractivity contribution is 0.0698. The Bertz CT molecular complexity index is 917. The van der Waals surface area contributed by atoms with Gasteiger partial charge in [-0.15, -0.1) is 0 Å². The predicted octanol–water partition coefficient (Wildman–Crippen LogP) is 3.07. The third kappa shape index (κ3) is 3.67. The average molecular weight is 380 g/mol. The summed E-state index contributed by atoms with van der Waals surface area (Å²) in [4.78, 5) is 27.1. The first-order valence-corrected chi connectivity index (χ1v) is 9.58. The molecule has 28 heavy (non-hydrogen) atoms. The highest BCUT2D eigenvalue weighted by Crippen LogP contribution is 2.32. The molecule has 0 radical (unpaired) electrons. The molecule has 2 aromatic rings. The molecule has 0 aromatic heterocycles. The number of aryl methyl sites for hydroxylation is 2. The van der Waals surface area contributed by atoms with E-state index in [0.29, 0.717) is 30.2 Å². The molecule has 0 saturated carbocycles. The monoisotopic (exact) mass is 380 g/mol. The minimum Gasteiger partial charge on any atom is -0.454 e. The van der Waals surface area contributed by atoms with Crippen LogP contribution in [0.5, 0.6) is 11.5 Å². The van der Waals surface area contributed by atoms with Gasteiger partial charge in [0.15, 0.2) is 11.5 Å². The molecule has 2 amide bonds. The number of hydrogen-bond acceptors (Lipinski definition) is 4. The fourth-order valence-corrected chi connectivity index (χ4v) is 3.59. The maximum absolute atomic E-state index is 12.7. The lowest BCUT2D eigenvalue weighted by Crippen LogP contribution is -2.46. The number of ether oxygens (including phenoxy) is 2. The summed E-state index contributed by atoms with van der Waals surface area (Å²) in [5.41, 5.74) is 3.59. The van der Waals surface area contributed by atoms with Crippen LogP contribution in [0.1, 0.15) is 44.7 Å². The zero-order valence-corrected chi connectivity index (χ0v) is 16.2. The van der Waals surface area contributed by atoms with Crippen molar-refractivity contribution in [3.63, 3.8) is 0 Å². The van der Waals surface area contributed by atoms with E-state index in [4.69, 9.17) is 9.47 Å². The van der Waals surface area contributed by atoms with Crippen LogP contribution >= 0.6 is 0 Å². The predicted molar refractivity (Wildman–Crippen MR) is 105 cm³/mol. The van der Waals surface area contributed by atoms with Gasteiger partial charge in [0, 0.05) is 30.3 Å². The van der Waals surface area contributed by atoms with Gasteiger partial charge in [-0.05, 0) is 68.1 Å². The highest BCUT2D eigenvalue weighted by atomic mass is 16.7. The number of nitrogens with one attached hydrogen (secondary N) is 1. The molecule has 4 rings (SSSR count). The van der Waals surface area contributed by atoms with Crippen molar-refractivity contribution in [3.8, 4) is 11.5 Å². The topological polar surface area (TPSA) is 67.9 Å². The molecule has 0 bridgehead atoms. The van der Waals surface area contributed by atoms with Gasteiger partial charge in [0.25, 0.3) is 11.8 Å². The van der Waals surface area contributed by atoms with Crippen LogP contribution in [0.4, 0.5) is 0 Å². The fraction of sp³-hybridized carbons (Fsp3) is 0.364. The molecule has 0 unspecified atom stereocenters. The van der Waals surface area contributed by atoms with Gasteiger partial charge >= 0.3 is 0 Å². The maximum Gasteiger partial charge on any atom is 0.253 e. The van der Waals surface area contributed by atoms with E-state index < -0.39 is 0 Å². The molecular weight excluding hydrogens is 356 g/mol. The van der Waals surface area contributed by atoms with E-state index in [-0.39, 0.29) is 24.6 Å². The van der Waals surface area contributed by atoms with E-state index in [1.54, 1.807) is 18.2 Å². The van der Waals surface area contributed by atoms with Crippen molar-refractivity contribution in [2.45, 2.75) is 32.7 Å². The van der Waals surface area contributed by atoms with Gasteiger partial charge < -0.3 is 19.7 Å². The molecule has 1 saturated heterocycles. The number of carbonyl (C=O) groups is 2. The van der Waals surface area contributed by atoms with E-state index in [9.17, 15) is 9.59 Å². The summed E-state index contributed by atoms with van der Waals surface area (Å²) in [5, 5.41) is 3.07. The summed E-state index contributed by atoms with van der Waals surface area (Å²) >= 11 is 0. The van der Waals surface area contributed by atoms with E-state index in [1.807, 2.05) is 36.9 Å². The molecule has 0 spiro atoms. The van der Waals surface area contributed by atoms with Crippen LogP contribution in [-0.4, -0.2) is 42.6 Å². The second-order valence-electron chi connectivity index (χ2n) is 7.41. The molecule has 2 aliphatic heterocycles. The van der Waals surface area contributed by atoms with E-state index in [1.165, 1.54) is 5.56 Å². The number of likely N-dealkylation sites (tertiary alicyclic amines) is 1. The van der Waals surface area contributed by atoms with Crippen LogP contribution in [0.2, 0.25) is 0 Å². The third-order valence-electron chi connectivity index (χ3n) is 5.51. The van der Waals surface area contributed by atoms with Gasteiger partial charge in [-0.2, -0.15) is 0 Å². The zero-order chi connectivity index (χ0) is 19.7. The summed E-state index contributed by atoms with van der Waals surface area (Å²) in [6.45, 7) is 5.52. The Hall–Kier alpha value is -3.02. The van der Waals surface area contributed by atoms with Gasteiger partial charge in [0.2, 0.25) is 6.79 Å². The van der Waals surface area contributed by atoms with Gasteiger partial charge in [-0.25, -0.2) is 0 Å². The fourth-order valence-electron chi connectivity index (χ4n) is 3.59. The van der Waals surface area contributed by atoms with Crippen molar-refractivity contribution in [3.05, 3.63) is 58.7 Å². The van der Waals surface area contributed by atoms with Crippen molar-refractivity contribution in [1.82, 2.24) is 10.2 Å². The summed E-state index contributed by atoms with van der Waals surface area (Å²) in [5.74, 6) is 1.19. The van der Waals surface area contributed by atoms with E-state index in [2.05, 4.69) is 5.32 Å². The van der Waals surface area contributed by atoms with Gasteiger partial charge in [-0.3, -0.25) is 9.59 Å². The molecule has 6 heteroatoms. The number of carbonyl (C=O) groups excluding carboxylic acids is 2. The molecular formula is C22H24N2O4. The Labute approximate surface area is 164 Å². The van der Waals surface area contributed by atoms with E-state index >= 15 is 0 Å². The highest BCUT2D eigenvalue weighted by Gasteiger charge is 2.25. The number of benzene rings is 2. The molecule has 0 aliphatic carbocycles. The van der Waals surface area contributed by atoms with Gasteiger partial charge in [0.05, 0.1) is 0 Å². The van der Waals surface area contributed by atoms with E-state index in [0.717, 1.165) is 24.0 Å². The van der Waals surface area contributed by atoms with Crippen LogP contribution in [-0.2, 0) is 0 Å². The smallest absolute Gasteiger partial charge is 0.253 e. The SMILES string of the molecule is Cc1ccc(C(=O)N2CCC(NC(=O)c3ccc4c(c3)OCO4)CC2)cc1C. The lowest BCUT2D eigenvalue weighted by Gasteiger charge is -2.32. The first-order chi connectivity index (χ1) is 13.5. The van der Waals surface area contributed by atoms with Crippen LogP contribution in [0.25, 0.3) is 0 Å². The lowest BCUT2D eigenvalue weighted by atomic mass is 10.0.